The van der Waals surface area contributed by atoms with Crippen molar-refractivity contribution in [3.63, 3.8) is 0 Å². The first-order valence-corrected chi connectivity index (χ1v) is 4.18. The second kappa shape index (κ2) is 6.16. The number of hydrogen-bond acceptors (Lipinski definition) is 6. The Bertz CT molecular complexity index is 417. The molecule has 0 aromatic carbocycles. The molecule has 0 N–H and O–H groups in total. The number of hydrogen-bond donors (Lipinski definition) is 0. The lowest BCUT2D eigenvalue weighted by molar-refractivity contribution is -0.201. The topological polar surface area (TPSA) is 86.7 Å². The number of alkyl halides is 6. The Morgan fingerprint density at radius 1 is 0.650 bits per heavy atom. The number of esters is 4. The molecule has 0 aromatic rings. The van der Waals surface area contributed by atoms with E-state index in [0.717, 1.165) is 0 Å². The van der Waals surface area contributed by atoms with Crippen LogP contribution in [-0.2, 0) is 28.7 Å². The summed E-state index contributed by atoms with van der Waals surface area (Å²) in [6.07, 6.45) is -11.2. The number of rotatable bonds is 2. The Labute approximate surface area is 104 Å². The molecule has 0 saturated carbocycles. The maximum Gasteiger partial charge on any atom is 0.491 e. The van der Waals surface area contributed by atoms with Gasteiger partial charge in [0.25, 0.3) is 0 Å². The van der Waals surface area contributed by atoms with Crippen LogP contribution < -0.4 is 0 Å². The van der Waals surface area contributed by atoms with E-state index in [1.54, 1.807) is 0 Å². The molecule has 0 rings (SSSR count). The number of carbonyl (C=O) groups excluding carboxylic acids is 4. The van der Waals surface area contributed by atoms with Crippen LogP contribution in [0.25, 0.3) is 0 Å². The van der Waals surface area contributed by atoms with Crippen LogP contribution in [0, 0.1) is 0 Å². The van der Waals surface area contributed by atoms with Crippen molar-refractivity contribution in [3.05, 3.63) is 12.2 Å². The second-order valence-corrected chi connectivity index (χ2v) is 2.75. The quantitative estimate of drug-likeness (QED) is 0.325. The van der Waals surface area contributed by atoms with Crippen LogP contribution in [0.3, 0.4) is 0 Å². The molecule has 0 aliphatic rings. The molecule has 0 heterocycles. The van der Waals surface area contributed by atoms with E-state index in [2.05, 4.69) is 9.47 Å². The van der Waals surface area contributed by atoms with Crippen molar-refractivity contribution in [2.45, 2.75) is 12.4 Å². The second-order valence-electron chi connectivity index (χ2n) is 2.75. The van der Waals surface area contributed by atoms with Crippen LogP contribution >= 0.6 is 0 Å². The van der Waals surface area contributed by atoms with Crippen LogP contribution in [0.2, 0.25) is 0 Å². The van der Waals surface area contributed by atoms with Crippen LogP contribution in [0.4, 0.5) is 26.3 Å². The van der Waals surface area contributed by atoms with Gasteiger partial charge in [0.1, 0.15) is 0 Å². The van der Waals surface area contributed by atoms with Gasteiger partial charge in [-0.25, -0.2) is 19.2 Å². The van der Waals surface area contributed by atoms with Gasteiger partial charge in [0.15, 0.2) is 0 Å². The Hall–Kier alpha value is -2.40. The van der Waals surface area contributed by atoms with Crippen molar-refractivity contribution >= 4 is 23.9 Å². The third kappa shape index (κ3) is 6.51. The van der Waals surface area contributed by atoms with Crippen molar-refractivity contribution < 1.29 is 55.0 Å². The molecule has 112 valence electrons. The summed E-state index contributed by atoms with van der Waals surface area (Å²) in [5.74, 6) is -9.79. The van der Waals surface area contributed by atoms with Crippen molar-refractivity contribution in [1.82, 2.24) is 0 Å². The lowest BCUT2D eigenvalue weighted by Gasteiger charge is -2.03. The Morgan fingerprint density at radius 2 is 0.900 bits per heavy atom. The van der Waals surface area contributed by atoms with E-state index in [-0.39, 0.29) is 12.2 Å². The highest BCUT2D eigenvalue weighted by atomic mass is 19.4. The van der Waals surface area contributed by atoms with Crippen LogP contribution in [0.15, 0.2) is 12.2 Å². The summed E-state index contributed by atoms with van der Waals surface area (Å²) in [6.45, 7) is 0. The highest BCUT2D eigenvalue weighted by Gasteiger charge is 2.43. The van der Waals surface area contributed by atoms with Gasteiger partial charge in [-0.15, -0.1) is 0 Å². The zero-order valence-corrected chi connectivity index (χ0v) is 8.87. The molecule has 0 amide bonds. The Kier molecular flexibility index (Phi) is 5.42. The lowest BCUT2D eigenvalue weighted by atomic mass is 10.5. The number of ether oxygens (including phenoxy) is 2. The fourth-order valence-corrected chi connectivity index (χ4v) is 0.503. The monoisotopic (exact) mass is 308 g/mol. The maximum atomic E-state index is 11.6. The van der Waals surface area contributed by atoms with Gasteiger partial charge in [0.2, 0.25) is 0 Å². The molecule has 6 nitrogen and oxygen atoms in total. The molecule has 0 fully saturated rings. The minimum atomic E-state index is -5.48. The summed E-state index contributed by atoms with van der Waals surface area (Å²) in [6, 6.07) is 0. The van der Waals surface area contributed by atoms with E-state index in [1.807, 2.05) is 0 Å². The van der Waals surface area contributed by atoms with Gasteiger partial charge in [-0.2, -0.15) is 26.3 Å². The van der Waals surface area contributed by atoms with Gasteiger partial charge < -0.3 is 9.47 Å². The summed E-state index contributed by atoms with van der Waals surface area (Å²) in [4.78, 5) is 41.3. The molecule has 0 saturated heterocycles. The first-order chi connectivity index (χ1) is 8.84. The normalized spacial score (nSPS) is 12.1. The fourth-order valence-electron chi connectivity index (χ4n) is 0.503. The zero-order chi connectivity index (χ0) is 16.1. The van der Waals surface area contributed by atoms with Crippen molar-refractivity contribution in [2.24, 2.45) is 0 Å². The number of halogens is 6. The molecule has 0 aliphatic heterocycles. The largest absolute Gasteiger partial charge is 0.491 e. The molecule has 20 heavy (non-hydrogen) atoms. The third-order valence-corrected chi connectivity index (χ3v) is 1.20. The fraction of sp³-hybridized carbons (Fsp3) is 0.250. The molecular weight excluding hydrogens is 306 g/mol. The van der Waals surface area contributed by atoms with E-state index in [4.69, 9.17) is 0 Å². The van der Waals surface area contributed by atoms with Gasteiger partial charge in [-0.05, 0) is 0 Å². The highest BCUT2D eigenvalue weighted by molar-refractivity contribution is 6.00. The smallest absolute Gasteiger partial charge is 0.383 e. The summed E-state index contributed by atoms with van der Waals surface area (Å²) < 4.78 is 75.9. The Balaban J connectivity index is 4.44. The molecule has 0 unspecified atom stereocenters. The SMILES string of the molecule is O=C(/C=C/C(=O)OC(=O)C(F)(F)F)OC(=O)C(F)(F)F. The van der Waals surface area contributed by atoms with E-state index in [0.29, 0.717) is 0 Å². The van der Waals surface area contributed by atoms with Crippen molar-refractivity contribution in [1.29, 1.82) is 0 Å². The summed E-state index contributed by atoms with van der Waals surface area (Å²) in [7, 11) is 0. The van der Waals surface area contributed by atoms with Crippen molar-refractivity contribution in [2.75, 3.05) is 0 Å². The molecule has 0 spiro atoms. The molecule has 0 aromatic heterocycles. The average Bonchev–Trinajstić information content (AvgIpc) is 2.23. The van der Waals surface area contributed by atoms with Gasteiger partial charge in [0.05, 0.1) is 0 Å². The number of carbonyl (C=O) groups is 4. The zero-order valence-electron chi connectivity index (χ0n) is 8.87. The molecule has 0 bridgehead atoms. The predicted octanol–water partition coefficient (Wildman–Crippen LogP) is 0.807. The van der Waals surface area contributed by atoms with Crippen LogP contribution in [0.1, 0.15) is 0 Å². The predicted molar refractivity (Wildman–Crippen MR) is 43.4 cm³/mol. The molecule has 0 radical (unpaired) electrons. The molecular formula is C8H2F6O6. The lowest BCUT2D eigenvalue weighted by Crippen LogP contribution is -2.28. The van der Waals surface area contributed by atoms with Crippen LogP contribution in [-0.4, -0.2) is 36.2 Å². The minimum Gasteiger partial charge on any atom is -0.383 e. The van der Waals surface area contributed by atoms with Crippen molar-refractivity contribution in [3.8, 4) is 0 Å². The van der Waals surface area contributed by atoms with E-state index >= 15 is 0 Å². The van der Waals surface area contributed by atoms with Gasteiger partial charge in [0, 0.05) is 12.2 Å². The average molecular weight is 308 g/mol. The third-order valence-electron chi connectivity index (χ3n) is 1.20. The summed E-state index contributed by atoms with van der Waals surface area (Å²) in [5.41, 5.74) is 0. The molecule has 0 aliphatic carbocycles. The van der Waals surface area contributed by atoms with E-state index < -0.39 is 36.2 Å². The minimum absolute atomic E-state index is 0.129. The summed E-state index contributed by atoms with van der Waals surface area (Å²) in [5, 5.41) is 0. The first-order valence-electron chi connectivity index (χ1n) is 4.18. The highest BCUT2D eigenvalue weighted by Crippen LogP contribution is 2.17. The maximum absolute atomic E-state index is 11.6. The van der Waals surface area contributed by atoms with Crippen LogP contribution in [0.5, 0.6) is 0 Å². The Morgan fingerprint density at radius 3 is 1.10 bits per heavy atom. The van der Waals surface area contributed by atoms with Gasteiger partial charge in [-0.1, -0.05) is 0 Å². The summed E-state index contributed by atoms with van der Waals surface area (Å²) >= 11 is 0. The van der Waals surface area contributed by atoms with E-state index in [9.17, 15) is 45.5 Å². The molecule has 12 heteroatoms. The molecule has 0 atom stereocenters. The first kappa shape index (κ1) is 17.6. The van der Waals surface area contributed by atoms with Gasteiger partial charge >= 0.3 is 36.2 Å². The standard InChI is InChI=1S/C8H2F6O6/c9-7(10,11)5(17)19-3(15)1-2-4(16)20-6(18)8(12,13)14/h1-2H/b2-1+. The van der Waals surface area contributed by atoms with Gasteiger partial charge in [-0.3, -0.25) is 0 Å². The van der Waals surface area contributed by atoms with E-state index in [1.165, 1.54) is 0 Å².